The normalized spacial score (nSPS) is 12.4. The Bertz CT molecular complexity index is 272. The molecule has 6 heteroatoms. The third kappa shape index (κ3) is 5.17. The SMILES string of the molecule is CC(C)N(CCC(N)=S)S(C)(=O)=O. The van der Waals surface area contributed by atoms with Crippen molar-refractivity contribution in [2.24, 2.45) is 5.73 Å². The van der Waals surface area contributed by atoms with E-state index in [4.69, 9.17) is 5.73 Å². The van der Waals surface area contributed by atoms with Crippen molar-refractivity contribution < 1.29 is 8.42 Å². The second-order valence-corrected chi connectivity index (χ2v) is 5.64. The summed E-state index contributed by atoms with van der Waals surface area (Å²) in [6.45, 7) is 4.01. The van der Waals surface area contributed by atoms with Gasteiger partial charge >= 0.3 is 0 Å². The zero-order valence-corrected chi connectivity index (χ0v) is 9.78. The summed E-state index contributed by atoms with van der Waals surface area (Å²) in [6.07, 6.45) is 1.62. The second kappa shape index (κ2) is 4.88. The summed E-state index contributed by atoms with van der Waals surface area (Å²) in [5.41, 5.74) is 5.29. The second-order valence-electron chi connectivity index (χ2n) is 3.18. The molecule has 0 rings (SSSR count). The molecule has 0 unspecified atom stereocenters. The number of nitrogens with zero attached hydrogens (tertiary/aromatic N) is 1. The number of hydrogen-bond acceptors (Lipinski definition) is 3. The molecule has 0 heterocycles. The topological polar surface area (TPSA) is 63.4 Å². The molecule has 0 aromatic heterocycles. The van der Waals surface area contributed by atoms with E-state index in [1.54, 1.807) is 0 Å². The van der Waals surface area contributed by atoms with Gasteiger partial charge in [-0.05, 0) is 13.8 Å². The molecule has 2 N–H and O–H groups in total. The summed E-state index contributed by atoms with van der Waals surface area (Å²) in [7, 11) is -3.14. The minimum Gasteiger partial charge on any atom is -0.393 e. The van der Waals surface area contributed by atoms with E-state index in [1.807, 2.05) is 13.8 Å². The Hall–Kier alpha value is -0.200. The van der Waals surface area contributed by atoms with Gasteiger partial charge in [0.25, 0.3) is 0 Å². The summed E-state index contributed by atoms with van der Waals surface area (Å²) < 4.78 is 23.8. The van der Waals surface area contributed by atoms with Gasteiger partial charge in [-0.2, -0.15) is 4.31 Å². The van der Waals surface area contributed by atoms with Gasteiger partial charge < -0.3 is 5.73 Å². The standard InChI is InChI=1S/C7H16N2O2S2/c1-6(2)9(13(3,10)11)5-4-7(8)12/h6H,4-5H2,1-3H3,(H2,8,12). The van der Waals surface area contributed by atoms with E-state index in [-0.39, 0.29) is 6.04 Å². The molecule has 13 heavy (non-hydrogen) atoms. The lowest BCUT2D eigenvalue weighted by atomic mass is 10.3. The zero-order chi connectivity index (χ0) is 10.6. The van der Waals surface area contributed by atoms with Gasteiger partial charge in [-0.25, -0.2) is 8.42 Å². The Balaban J connectivity index is 4.38. The fourth-order valence-corrected chi connectivity index (χ4v) is 2.31. The predicted octanol–water partition coefficient (Wildman–Crippen LogP) is 0.333. The quantitative estimate of drug-likeness (QED) is 0.684. The van der Waals surface area contributed by atoms with Crippen LogP contribution in [0.15, 0.2) is 0 Å². The van der Waals surface area contributed by atoms with Crippen LogP contribution in [-0.4, -0.2) is 36.6 Å². The molecule has 0 aromatic rings. The molecule has 0 saturated heterocycles. The molecule has 0 aliphatic carbocycles. The lowest BCUT2D eigenvalue weighted by molar-refractivity contribution is 0.365. The highest BCUT2D eigenvalue weighted by Crippen LogP contribution is 2.05. The highest BCUT2D eigenvalue weighted by atomic mass is 32.2. The molecule has 0 aliphatic rings. The molecular formula is C7H16N2O2S2. The maximum atomic E-state index is 11.2. The van der Waals surface area contributed by atoms with Gasteiger partial charge in [0.1, 0.15) is 0 Å². The fraction of sp³-hybridized carbons (Fsp3) is 0.857. The monoisotopic (exact) mass is 224 g/mol. The third-order valence-electron chi connectivity index (χ3n) is 1.58. The first-order chi connectivity index (χ1) is 5.75. The lowest BCUT2D eigenvalue weighted by Crippen LogP contribution is -2.38. The summed E-state index contributed by atoms with van der Waals surface area (Å²) in [6, 6.07) is -0.0515. The Labute approximate surface area is 85.1 Å². The number of sulfonamides is 1. The van der Waals surface area contributed by atoms with Crippen LogP contribution in [0.3, 0.4) is 0 Å². The maximum Gasteiger partial charge on any atom is 0.211 e. The Morgan fingerprint density at radius 2 is 2.00 bits per heavy atom. The Morgan fingerprint density at radius 3 is 2.23 bits per heavy atom. The van der Waals surface area contributed by atoms with Crippen molar-refractivity contribution in [1.82, 2.24) is 4.31 Å². The van der Waals surface area contributed by atoms with E-state index in [1.165, 1.54) is 10.6 Å². The van der Waals surface area contributed by atoms with Gasteiger partial charge in [0, 0.05) is 19.0 Å². The molecule has 0 saturated carbocycles. The van der Waals surface area contributed by atoms with Gasteiger partial charge in [-0.1, -0.05) is 12.2 Å². The van der Waals surface area contributed by atoms with Gasteiger partial charge in [0.15, 0.2) is 0 Å². The number of hydrogen-bond donors (Lipinski definition) is 1. The first-order valence-electron chi connectivity index (χ1n) is 4.00. The molecule has 0 atom stereocenters. The van der Waals surface area contributed by atoms with Crippen molar-refractivity contribution in [2.75, 3.05) is 12.8 Å². The number of rotatable bonds is 5. The van der Waals surface area contributed by atoms with Crippen LogP contribution in [0.4, 0.5) is 0 Å². The smallest absolute Gasteiger partial charge is 0.211 e. The van der Waals surface area contributed by atoms with Crippen LogP contribution in [0.2, 0.25) is 0 Å². The van der Waals surface area contributed by atoms with Gasteiger partial charge in [0.05, 0.1) is 11.2 Å². The van der Waals surface area contributed by atoms with Crippen molar-refractivity contribution in [3.8, 4) is 0 Å². The van der Waals surface area contributed by atoms with Crippen molar-refractivity contribution in [3.63, 3.8) is 0 Å². The highest BCUT2D eigenvalue weighted by molar-refractivity contribution is 7.88. The molecule has 0 radical (unpaired) electrons. The minimum atomic E-state index is -3.14. The minimum absolute atomic E-state index is 0.0515. The van der Waals surface area contributed by atoms with Crippen LogP contribution >= 0.6 is 12.2 Å². The lowest BCUT2D eigenvalue weighted by Gasteiger charge is -2.23. The fourth-order valence-electron chi connectivity index (χ4n) is 1.03. The van der Waals surface area contributed by atoms with Crippen LogP contribution in [0.1, 0.15) is 20.3 Å². The molecule has 0 fully saturated rings. The van der Waals surface area contributed by atoms with Crippen molar-refractivity contribution in [3.05, 3.63) is 0 Å². The third-order valence-corrected chi connectivity index (χ3v) is 3.24. The summed E-state index contributed by atoms with van der Waals surface area (Å²) in [5, 5.41) is 0. The largest absolute Gasteiger partial charge is 0.393 e. The van der Waals surface area contributed by atoms with E-state index in [9.17, 15) is 8.42 Å². The molecule has 78 valence electrons. The highest BCUT2D eigenvalue weighted by Gasteiger charge is 2.19. The first-order valence-corrected chi connectivity index (χ1v) is 6.26. The van der Waals surface area contributed by atoms with Crippen LogP contribution in [0, 0.1) is 0 Å². The summed E-state index contributed by atoms with van der Waals surface area (Å²) in [4.78, 5) is 0.342. The summed E-state index contributed by atoms with van der Waals surface area (Å²) in [5.74, 6) is 0. The predicted molar refractivity (Wildman–Crippen MR) is 58.1 cm³/mol. The molecule has 0 aromatic carbocycles. The van der Waals surface area contributed by atoms with E-state index in [0.29, 0.717) is 18.0 Å². The van der Waals surface area contributed by atoms with Gasteiger partial charge in [-0.3, -0.25) is 0 Å². The number of nitrogens with two attached hydrogens (primary N) is 1. The summed E-state index contributed by atoms with van der Waals surface area (Å²) >= 11 is 4.68. The average Bonchev–Trinajstić information content (AvgIpc) is 1.81. The molecule has 0 spiro atoms. The van der Waals surface area contributed by atoms with Crippen molar-refractivity contribution in [1.29, 1.82) is 0 Å². The van der Waals surface area contributed by atoms with Crippen LogP contribution in [-0.2, 0) is 10.0 Å². The van der Waals surface area contributed by atoms with Gasteiger partial charge in [-0.15, -0.1) is 0 Å². The van der Waals surface area contributed by atoms with E-state index >= 15 is 0 Å². The molecule has 0 bridgehead atoms. The van der Waals surface area contributed by atoms with E-state index in [0.717, 1.165) is 0 Å². The van der Waals surface area contributed by atoms with Crippen LogP contribution in [0.25, 0.3) is 0 Å². The molecule has 0 aliphatic heterocycles. The van der Waals surface area contributed by atoms with Gasteiger partial charge in [0.2, 0.25) is 10.0 Å². The zero-order valence-electron chi connectivity index (χ0n) is 8.15. The molecule has 0 amide bonds. The van der Waals surface area contributed by atoms with Crippen LogP contribution in [0.5, 0.6) is 0 Å². The van der Waals surface area contributed by atoms with E-state index < -0.39 is 10.0 Å². The van der Waals surface area contributed by atoms with Crippen LogP contribution < -0.4 is 5.73 Å². The first kappa shape index (κ1) is 12.8. The Morgan fingerprint density at radius 1 is 1.54 bits per heavy atom. The molecule has 4 nitrogen and oxygen atoms in total. The maximum absolute atomic E-state index is 11.2. The Kier molecular flexibility index (Phi) is 4.80. The van der Waals surface area contributed by atoms with Crippen molar-refractivity contribution in [2.45, 2.75) is 26.3 Å². The van der Waals surface area contributed by atoms with E-state index in [2.05, 4.69) is 12.2 Å². The average molecular weight is 224 g/mol. The van der Waals surface area contributed by atoms with Crippen molar-refractivity contribution >= 4 is 27.2 Å². The molecular weight excluding hydrogens is 208 g/mol. The number of thiocarbonyl (C=S) groups is 1.